The quantitative estimate of drug-likeness (QED) is 0.661. The van der Waals surface area contributed by atoms with Gasteiger partial charge in [0.15, 0.2) is 0 Å². The molecule has 5 nitrogen and oxygen atoms in total. The summed E-state index contributed by atoms with van der Waals surface area (Å²) in [5, 5.41) is 7.72. The molecule has 1 aromatic heterocycles. The van der Waals surface area contributed by atoms with E-state index in [4.69, 9.17) is 10.5 Å². The molecule has 0 aliphatic rings. The first-order valence-electron chi connectivity index (χ1n) is 6.17. The molecule has 5 heteroatoms. The molecule has 0 spiro atoms. The minimum Gasteiger partial charge on any atom is -0.383 e. The van der Waals surface area contributed by atoms with Crippen molar-refractivity contribution in [3.63, 3.8) is 0 Å². The van der Waals surface area contributed by atoms with Crippen molar-refractivity contribution in [2.24, 2.45) is 5.73 Å². The number of nitrogens with one attached hydrogen (secondary N) is 1. The zero-order chi connectivity index (χ0) is 12.5. The van der Waals surface area contributed by atoms with Gasteiger partial charge in [0, 0.05) is 25.9 Å². The molecule has 1 unspecified atom stereocenters. The molecule has 1 aromatic rings. The number of aryl methyl sites for hydroxylation is 1. The molecule has 0 saturated carbocycles. The monoisotopic (exact) mass is 240 g/mol. The average Bonchev–Trinajstić information content (AvgIpc) is 2.72. The Kier molecular flexibility index (Phi) is 6.84. The summed E-state index contributed by atoms with van der Waals surface area (Å²) in [6.45, 7) is 5.31. The number of nitrogens with two attached hydrogens (primary N) is 1. The number of hydrogen-bond donors (Lipinski definition) is 2. The van der Waals surface area contributed by atoms with Gasteiger partial charge in [-0.15, -0.1) is 0 Å². The van der Waals surface area contributed by atoms with Crippen molar-refractivity contribution in [2.45, 2.75) is 32.4 Å². The lowest BCUT2D eigenvalue weighted by molar-refractivity contribution is 0.161. The van der Waals surface area contributed by atoms with Crippen LogP contribution in [0.5, 0.6) is 0 Å². The smallest absolute Gasteiger partial charge is 0.0615 e. The Morgan fingerprint density at radius 2 is 2.41 bits per heavy atom. The summed E-state index contributed by atoms with van der Waals surface area (Å²) in [4.78, 5) is 0. The average molecular weight is 240 g/mol. The Morgan fingerprint density at radius 1 is 1.59 bits per heavy atom. The van der Waals surface area contributed by atoms with Crippen molar-refractivity contribution in [1.82, 2.24) is 15.1 Å². The van der Waals surface area contributed by atoms with Crippen molar-refractivity contribution in [2.75, 3.05) is 26.8 Å². The van der Waals surface area contributed by atoms with Crippen LogP contribution in [-0.2, 0) is 11.3 Å². The molecule has 98 valence electrons. The van der Waals surface area contributed by atoms with Gasteiger partial charge in [0.2, 0.25) is 0 Å². The van der Waals surface area contributed by atoms with Gasteiger partial charge in [-0.25, -0.2) is 0 Å². The molecule has 0 saturated heterocycles. The topological polar surface area (TPSA) is 65.1 Å². The molecule has 3 N–H and O–H groups in total. The number of rotatable bonds is 9. The van der Waals surface area contributed by atoms with Crippen LogP contribution in [-0.4, -0.2) is 42.6 Å². The normalized spacial score (nSPS) is 12.9. The van der Waals surface area contributed by atoms with Crippen LogP contribution in [0.2, 0.25) is 0 Å². The van der Waals surface area contributed by atoms with Crippen molar-refractivity contribution < 1.29 is 4.74 Å². The van der Waals surface area contributed by atoms with Crippen LogP contribution in [0.4, 0.5) is 0 Å². The molecule has 1 atom stereocenters. The maximum atomic E-state index is 5.51. The van der Waals surface area contributed by atoms with E-state index in [1.807, 2.05) is 24.0 Å². The minimum atomic E-state index is 0.389. The molecule has 0 fully saturated rings. The van der Waals surface area contributed by atoms with Crippen molar-refractivity contribution >= 4 is 0 Å². The van der Waals surface area contributed by atoms with Crippen LogP contribution in [0.3, 0.4) is 0 Å². The van der Waals surface area contributed by atoms with Gasteiger partial charge in [-0.05, 0) is 31.9 Å². The summed E-state index contributed by atoms with van der Waals surface area (Å²) in [6.07, 6.45) is 6.01. The fourth-order valence-corrected chi connectivity index (χ4v) is 1.78. The molecule has 0 aliphatic heterocycles. The first-order chi connectivity index (χ1) is 8.26. The maximum Gasteiger partial charge on any atom is 0.0615 e. The van der Waals surface area contributed by atoms with Gasteiger partial charge in [-0.3, -0.25) is 4.68 Å². The lowest BCUT2D eigenvalue weighted by atomic mass is 10.1. The van der Waals surface area contributed by atoms with Crippen LogP contribution >= 0.6 is 0 Å². The third-order valence-electron chi connectivity index (χ3n) is 2.66. The summed E-state index contributed by atoms with van der Waals surface area (Å²) >= 11 is 0. The summed E-state index contributed by atoms with van der Waals surface area (Å²) in [5.74, 6) is 0. The van der Waals surface area contributed by atoms with E-state index in [2.05, 4.69) is 10.4 Å². The van der Waals surface area contributed by atoms with E-state index in [1.165, 1.54) is 5.56 Å². The number of nitrogens with zero attached hydrogens (tertiary/aromatic N) is 2. The predicted molar refractivity (Wildman–Crippen MR) is 68.9 cm³/mol. The molecular formula is C12H24N4O. The van der Waals surface area contributed by atoms with Crippen LogP contribution in [0, 0.1) is 6.92 Å². The van der Waals surface area contributed by atoms with E-state index in [9.17, 15) is 0 Å². The van der Waals surface area contributed by atoms with Gasteiger partial charge >= 0.3 is 0 Å². The Balaban J connectivity index is 2.21. The second-order valence-corrected chi connectivity index (χ2v) is 4.32. The third kappa shape index (κ3) is 5.81. The van der Waals surface area contributed by atoms with Gasteiger partial charge in [0.1, 0.15) is 0 Å². The van der Waals surface area contributed by atoms with Gasteiger partial charge in [-0.1, -0.05) is 0 Å². The standard InChI is InChI=1S/C12H24N4O/c1-11-8-15-16(9-11)7-6-14-12(10-17-2)4-3-5-13/h8-9,12,14H,3-7,10,13H2,1-2H3. The largest absolute Gasteiger partial charge is 0.383 e. The highest BCUT2D eigenvalue weighted by molar-refractivity contribution is 4.99. The lowest BCUT2D eigenvalue weighted by Crippen LogP contribution is -2.35. The SMILES string of the molecule is COCC(CCCN)NCCn1cc(C)cn1. The van der Waals surface area contributed by atoms with Gasteiger partial charge < -0.3 is 15.8 Å². The molecule has 0 radical (unpaired) electrons. The zero-order valence-electron chi connectivity index (χ0n) is 10.9. The van der Waals surface area contributed by atoms with Crippen LogP contribution in [0.1, 0.15) is 18.4 Å². The first-order valence-corrected chi connectivity index (χ1v) is 6.17. The van der Waals surface area contributed by atoms with Gasteiger partial charge in [-0.2, -0.15) is 5.10 Å². The second-order valence-electron chi connectivity index (χ2n) is 4.32. The van der Waals surface area contributed by atoms with Gasteiger partial charge in [0.25, 0.3) is 0 Å². The van der Waals surface area contributed by atoms with E-state index in [-0.39, 0.29) is 0 Å². The van der Waals surface area contributed by atoms with E-state index in [0.29, 0.717) is 6.04 Å². The highest BCUT2D eigenvalue weighted by Gasteiger charge is 2.06. The minimum absolute atomic E-state index is 0.389. The van der Waals surface area contributed by atoms with Crippen molar-refractivity contribution in [3.8, 4) is 0 Å². The molecular weight excluding hydrogens is 216 g/mol. The van der Waals surface area contributed by atoms with Crippen LogP contribution < -0.4 is 11.1 Å². The highest BCUT2D eigenvalue weighted by atomic mass is 16.5. The zero-order valence-corrected chi connectivity index (χ0v) is 10.9. The molecule has 0 amide bonds. The lowest BCUT2D eigenvalue weighted by Gasteiger charge is -2.17. The Hall–Kier alpha value is -0.910. The van der Waals surface area contributed by atoms with Crippen molar-refractivity contribution in [3.05, 3.63) is 18.0 Å². The fourth-order valence-electron chi connectivity index (χ4n) is 1.78. The Morgan fingerprint density at radius 3 is 3.00 bits per heavy atom. The molecule has 0 aliphatic carbocycles. The second kappa shape index (κ2) is 8.22. The van der Waals surface area contributed by atoms with E-state index < -0.39 is 0 Å². The predicted octanol–water partition coefficient (Wildman–Crippen LogP) is 0.535. The number of ether oxygens (including phenoxy) is 1. The number of aromatic nitrogens is 2. The molecule has 1 heterocycles. The first kappa shape index (κ1) is 14.2. The van der Waals surface area contributed by atoms with E-state index in [0.717, 1.165) is 39.1 Å². The highest BCUT2D eigenvalue weighted by Crippen LogP contribution is 1.97. The summed E-state index contributed by atoms with van der Waals surface area (Å²) in [5.41, 5.74) is 6.71. The Labute approximate surface area is 103 Å². The van der Waals surface area contributed by atoms with Crippen LogP contribution in [0.25, 0.3) is 0 Å². The fraction of sp³-hybridized carbons (Fsp3) is 0.750. The van der Waals surface area contributed by atoms with Crippen LogP contribution in [0.15, 0.2) is 12.4 Å². The molecule has 17 heavy (non-hydrogen) atoms. The van der Waals surface area contributed by atoms with E-state index in [1.54, 1.807) is 7.11 Å². The molecule has 0 aromatic carbocycles. The third-order valence-corrected chi connectivity index (χ3v) is 2.66. The molecule has 1 rings (SSSR count). The maximum absolute atomic E-state index is 5.51. The Bertz CT molecular complexity index is 300. The van der Waals surface area contributed by atoms with E-state index >= 15 is 0 Å². The molecule has 0 bridgehead atoms. The summed E-state index contributed by atoms with van der Waals surface area (Å²) < 4.78 is 7.14. The van der Waals surface area contributed by atoms with Gasteiger partial charge in [0.05, 0.1) is 19.3 Å². The summed E-state index contributed by atoms with van der Waals surface area (Å²) in [6, 6.07) is 0.389. The van der Waals surface area contributed by atoms with Crippen molar-refractivity contribution in [1.29, 1.82) is 0 Å². The number of methoxy groups -OCH3 is 1. The number of hydrogen-bond acceptors (Lipinski definition) is 4. The summed E-state index contributed by atoms with van der Waals surface area (Å²) in [7, 11) is 1.73.